The van der Waals surface area contributed by atoms with Crippen molar-refractivity contribution in [2.24, 2.45) is 4.99 Å². The van der Waals surface area contributed by atoms with Gasteiger partial charge in [0, 0.05) is 55.7 Å². The predicted octanol–water partition coefficient (Wildman–Crippen LogP) is 3.37. The van der Waals surface area contributed by atoms with Crippen LogP contribution in [0.25, 0.3) is 10.9 Å². The van der Waals surface area contributed by atoms with Gasteiger partial charge in [0.2, 0.25) is 5.91 Å². The molecule has 6 nitrogen and oxygen atoms in total. The van der Waals surface area contributed by atoms with Crippen molar-refractivity contribution in [3.8, 4) is 0 Å². The van der Waals surface area contributed by atoms with E-state index < -0.39 is 0 Å². The fraction of sp³-hybridized carbons (Fsp3) is 0.565. The second-order valence-electron chi connectivity index (χ2n) is 7.76. The van der Waals surface area contributed by atoms with Gasteiger partial charge in [0.05, 0.1) is 0 Å². The zero-order chi connectivity index (χ0) is 20.5. The van der Waals surface area contributed by atoms with E-state index in [0.717, 1.165) is 64.4 Å². The summed E-state index contributed by atoms with van der Waals surface area (Å²) in [5, 5.41) is 8.08. The maximum atomic E-state index is 12.1. The molecule has 0 radical (unpaired) electrons. The third kappa shape index (κ3) is 5.99. The number of aromatic amines is 1. The van der Waals surface area contributed by atoms with Gasteiger partial charge in [0.1, 0.15) is 0 Å². The Balaban J connectivity index is 1.47. The molecular formula is C23H35N5O. The first-order valence-corrected chi connectivity index (χ1v) is 11.0. The first kappa shape index (κ1) is 21.2. The van der Waals surface area contributed by atoms with Gasteiger partial charge < -0.3 is 20.5 Å². The highest BCUT2D eigenvalue weighted by Crippen LogP contribution is 2.21. The normalized spacial score (nSPS) is 15.6. The highest BCUT2D eigenvalue weighted by Gasteiger charge is 2.15. The van der Waals surface area contributed by atoms with Crippen LogP contribution in [-0.2, 0) is 11.2 Å². The number of rotatable bonds is 8. The predicted molar refractivity (Wildman–Crippen MR) is 120 cm³/mol. The van der Waals surface area contributed by atoms with Crippen LogP contribution in [0.5, 0.6) is 0 Å². The Morgan fingerprint density at radius 1 is 1.21 bits per heavy atom. The molecule has 1 aliphatic rings. The molecule has 0 bridgehead atoms. The number of nitrogens with zero attached hydrogens (tertiary/aromatic N) is 2. The number of aromatic nitrogens is 1. The van der Waals surface area contributed by atoms with Crippen molar-refractivity contribution in [2.75, 3.05) is 32.7 Å². The largest absolute Gasteiger partial charge is 0.358 e. The average molecular weight is 398 g/mol. The van der Waals surface area contributed by atoms with Crippen molar-refractivity contribution in [1.29, 1.82) is 0 Å². The number of carbonyl (C=O) groups excluding carboxylic acids is 1. The average Bonchev–Trinajstić information content (AvgIpc) is 2.89. The summed E-state index contributed by atoms with van der Waals surface area (Å²) in [7, 11) is 0. The molecule has 3 rings (SSSR count). The van der Waals surface area contributed by atoms with Crippen LogP contribution < -0.4 is 10.6 Å². The zero-order valence-corrected chi connectivity index (χ0v) is 17.9. The van der Waals surface area contributed by atoms with E-state index in [4.69, 9.17) is 4.99 Å². The summed E-state index contributed by atoms with van der Waals surface area (Å²) in [6, 6.07) is 8.46. The third-order valence-corrected chi connectivity index (χ3v) is 5.57. The van der Waals surface area contributed by atoms with E-state index in [2.05, 4.69) is 53.7 Å². The second kappa shape index (κ2) is 10.9. The van der Waals surface area contributed by atoms with Gasteiger partial charge in [-0.1, -0.05) is 24.6 Å². The van der Waals surface area contributed by atoms with Gasteiger partial charge in [-0.25, -0.2) is 0 Å². The Labute approximate surface area is 174 Å². The third-order valence-electron chi connectivity index (χ3n) is 5.57. The number of para-hydroxylation sites is 1. The fourth-order valence-electron chi connectivity index (χ4n) is 4.03. The van der Waals surface area contributed by atoms with Crippen LogP contribution in [0.3, 0.4) is 0 Å². The van der Waals surface area contributed by atoms with Crippen molar-refractivity contribution in [1.82, 2.24) is 20.5 Å². The Morgan fingerprint density at radius 3 is 2.93 bits per heavy atom. The highest BCUT2D eigenvalue weighted by atomic mass is 16.2. The molecule has 0 unspecified atom stereocenters. The Hall–Kier alpha value is -2.50. The number of nitrogens with one attached hydrogen (secondary N) is 3. The number of H-pyrrole nitrogens is 1. The first-order chi connectivity index (χ1) is 14.2. The van der Waals surface area contributed by atoms with Crippen LogP contribution in [0, 0.1) is 6.92 Å². The van der Waals surface area contributed by atoms with E-state index >= 15 is 0 Å². The second-order valence-corrected chi connectivity index (χ2v) is 7.76. The quantitative estimate of drug-likeness (QED) is 0.363. The van der Waals surface area contributed by atoms with E-state index in [1.807, 2.05) is 4.90 Å². The lowest BCUT2D eigenvalue weighted by atomic mass is 10.1. The van der Waals surface area contributed by atoms with Gasteiger partial charge in [-0.05, 0) is 51.2 Å². The number of fused-ring (bicyclic) bond motifs is 1. The number of benzene rings is 1. The van der Waals surface area contributed by atoms with Crippen LogP contribution in [0.15, 0.2) is 29.3 Å². The maximum absolute atomic E-state index is 12.1. The molecule has 0 spiro atoms. The summed E-state index contributed by atoms with van der Waals surface area (Å²) >= 11 is 0. The van der Waals surface area contributed by atoms with Crippen LogP contribution in [0.1, 0.15) is 50.3 Å². The number of aliphatic imine (C=N–C) groups is 1. The molecule has 0 saturated carbocycles. The van der Waals surface area contributed by atoms with Crippen molar-refractivity contribution in [3.05, 3.63) is 35.5 Å². The summed E-state index contributed by atoms with van der Waals surface area (Å²) in [6.45, 7) is 8.34. The minimum absolute atomic E-state index is 0.311. The van der Waals surface area contributed by atoms with Crippen LogP contribution in [0.4, 0.5) is 0 Å². The topological polar surface area (TPSA) is 72.5 Å². The van der Waals surface area contributed by atoms with Gasteiger partial charge in [0.25, 0.3) is 0 Å². The summed E-state index contributed by atoms with van der Waals surface area (Å²) in [5.41, 5.74) is 3.80. The van der Waals surface area contributed by atoms with E-state index in [0.29, 0.717) is 12.3 Å². The minimum atomic E-state index is 0.311. The van der Waals surface area contributed by atoms with Crippen molar-refractivity contribution < 1.29 is 4.79 Å². The molecule has 1 saturated heterocycles. The summed E-state index contributed by atoms with van der Waals surface area (Å²) in [6.07, 6.45) is 5.91. The summed E-state index contributed by atoms with van der Waals surface area (Å²) in [5.74, 6) is 1.16. The molecule has 0 aliphatic carbocycles. The molecule has 6 heteroatoms. The van der Waals surface area contributed by atoms with Gasteiger partial charge in [-0.15, -0.1) is 0 Å². The summed E-state index contributed by atoms with van der Waals surface area (Å²) in [4.78, 5) is 22.3. The molecule has 1 aromatic heterocycles. The first-order valence-electron chi connectivity index (χ1n) is 11.0. The number of guanidine groups is 1. The Bertz CT molecular complexity index is 826. The Kier molecular flexibility index (Phi) is 7.96. The lowest BCUT2D eigenvalue weighted by Gasteiger charge is -2.20. The van der Waals surface area contributed by atoms with Gasteiger partial charge in [-0.3, -0.25) is 9.79 Å². The lowest BCUT2D eigenvalue weighted by Crippen LogP contribution is -2.38. The molecule has 158 valence electrons. The van der Waals surface area contributed by atoms with E-state index in [9.17, 15) is 4.79 Å². The van der Waals surface area contributed by atoms with Crippen molar-refractivity contribution in [2.45, 2.75) is 52.4 Å². The molecule has 1 fully saturated rings. The van der Waals surface area contributed by atoms with E-state index in [1.165, 1.54) is 28.6 Å². The molecule has 1 amide bonds. The Morgan fingerprint density at radius 2 is 2.07 bits per heavy atom. The molecular weight excluding hydrogens is 362 g/mol. The van der Waals surface area contributed by atoms with Gasteiger partial charge in [-0.2, -0.15) is 0 Å². The fourth-order valence-corrected chi connectivity index (χ4v) is 4.03. The van der Waals surface area contributed by atoms with Crippen molar-refractivity contribution >= 4 is 22.8 Å². The molecule has 1 aliphatic heterocycles. The molecule has 0 atom stereocenters. The molecule has 3 N–H and O–H groups in total. The number of amides is 1. The van der Waals surface area contributed by atoms with E-state index in [1.54, 1.807) is 0 Å². The number of hydrogen-bond donors (Lipinski definition) is 3. The van der Waals surface area contributed by atoms with Crippen molar-refractivity contribution in [3.63, 3.8) is 0 Å². The van der Waals surface area contributed by atoms with E-state index in [-0.39, 0.29) is 0 Å². The standard InChI is InChI=1S/C23H35N5O/c1-3-24-23(25-14-9-17-28-16-8-4-5-12-22(28)29)26-15-13-19-18(2)27-21-11-7-6-10-20(19)21/h6-7,10-11,27H,3-5,8-9,12-17H2,1-2H3,(H2,24,25,26). The molecule has 29 heavy (non-hydrogen) atoms. The molecule has 2 aromatic rings. The zero-order valence-electron chi connectivity index (χ0n) is 17.9. The number of aryl methyl sites for hydroxylation is 1. The minimum Gasteiger partial charge on any atom is -0.358 e. The molecule has 1 aromatic carbocycles. The van der Waals surface area contributed by atoms with Crippen LogP contribution >= 0.6 is 0 Å². The van der Waals surface area contributed by atoms with Gasteiger partial charge in [0.15, 0.2) is 5.96 Å². The van der Waals surface area contributed by atoms with Gasteiger partial charge >= 0.3 is 0 Å². The number of likely N-dealkylation sites (tertiary alicyclic amines) is 1. The smallest absolute Gasteiger partial charge is 0.222 e. The highest BCUT2D eigenvalue weighted by molar-refractivity contribution is 5.85. The lowest BCUT2D eigenvalue weighted by molar-refractivity contribution is -0.130. The SMILES string of the molecule is CCNC(=NCCCN1CCCCCC1=O)NCCc1c(C)[nH]c2ccccc12. The number of hydrogen-bond acceptors (Lipinski definition) is 2. The van der Waals surface area contributed by atoms with Crippen LogP contribution in [0.2, 0.25) is 0 Å². The molecule has 2 heterocycles. The summed E-state index contributed by atoms with van der Waals surface area (Å²) < 4.78 is 0. The monoisotopic (exact) mass is 397 g/mol. The van der Waals surface area contributed by atoms with Crippen LogP contribution in [-0.4, -0.2) is 54.5 Å². The maximum Gasteiger partial charge on any atom is 0.222 e. The number of carbonyl (C=O) groups is 1.